The molecule has 0 aliphatic carbocycles. The average molecular weight is 559 g/mol. The number of hydrogen-bond acceptors (Lipinski definition) is 5. The lowest BCUT2D eigenvalue weighted by Crippen LogP contribution is -2.45. The fraction of sp³-hybridized carbons (Fsp3) is 0.360. The van der Waals surface area contributed by atoms with E-state index in [1.54, 1.807) is 23.5 Å². The minimum absolute atomic E-state index is 0.150. The van der Waals surface area contributed by atoms with Gasteiger partial charge in [0, 0.05) is 28.9 Å². The van der Waals surface area contributed by atoms with Gasteiger partial charge in [0.2, 0.25) is 10.0 Å². The van der Waals surface area contributed by atoms with E-state index in [1.165, 1.54) is 24.3 Å². The van der Waals surface area contributed by atoms with Crippen LogP contribution in [0.3, 0.4) is 0 Å². The summed E-state index contributed by atoms with van der Waals surface area (Å²) < 4.78 is 72.8. The summed E-state index contributed by atoms with van der Waals surface area (Å²) in [6.45, 7) is 2.16. The topological polar surface area (TPSA) is 58.6 Å². The number of likely N-dealkylation sites (tertiary alicyclic amines) is 1. The molecule has 4 rings (SSSR count). The van der Waals surface area contributed by atoms with Crippen molar-refractivity contribution < 1.29 is 26.3 Å². The van der Waals surface area contributed by atoms with Crippen molar-refractivity contribution in [2.75, 3.05) is 19.6 Å². The molecule has 2 heterocycles. The van der Waals surface area contributed by atoms with E-state index in [2.05, 4.69) is 9.62 Å². The second kappa shape index (κ2) is 11.5. The van der Waals surface area contributed by atoms with Crippen LogP contribution < -0.4 is 9.46 Å². The molecule has 11 heteroatoms. The van der Waals surface area contributed by atoms with Gasteiger partial charge in [-0.05, 0) is 79.8 Å². The van der Waals surface area contributed by atoms with Crippen LogP contribution >= 0.6 is 22.9 Å². The first kappa shape index (κ1) is 26.9. The maximum atomic E-state index is 12.9. The number of nitrogens with one attached hydrogen (secondary N) is 1. The molecule has 0 spiro atoms. The van der Waals surface area contributed by atoms with Crippen LogP contribution in [-0.4, -0.2) is 39.0 Å². The Hall–Kier alpha value is -2.11. The monoisotopic (exact) mass is 558 g/mol. The highest BCUT2D eigenvalue weighted by Gasteiger charge is 2.30. The summed E-state index contributed by atoms with van der Waals surface area (Å²) in [6.07, 6.45) is -2.69. The van der Waals surface area contributed by atoms with Gasteiger partial charge in [0.25, 0.3) is 0 Å². The van der Waals surface area contributed by atoms with Crippen LogP contribution in [0, 0.1) is 0 Å². The van der Waals surface area contributed by atoms with Gasteiger partial charge in [-0.3, -0.25) is 0 Å². The molecule has 1 atom stereocenters. The maximum Gasteiger partial charge on any atom is 0.416 e. The number of hydrogen-bond donors (Lipinski definition) is 1. The average Bonchev–Trinajstić information content (AvgIpc) is 3.37. The highest BCUT2D eigenvalue weighted by atomic mass is 35.5. The number of thiophene rings is 1. The summed E-state index contributed by atoms with van der Waals surface area (Å²) in [6, 6.07) is 14.6. The number of alkyl halides is 3. The first-order valence-corrected chi connectivity index (χ1v) is 14.2. The van der Waals surface area contributed by atoms with E-state index < -0.39 is 21.8 Å². The van der Waals surface area contributed by atoms with Crippen molar-refractivity contribution in [3.63, 3.8) is 0 Å². The Morgan fingerprint density at radius 3 is 2.42 bits per heavy atom. The second-order valence-corrected chi connectivity index (χ2v) is 11.8. The Kier molecular flexibility index (Phi) is 8.62. The quantitative estimate of drug-likeness (QED) is 0.331. The standard InChI is InChI=1S/C25H26ClF3N2O3S2/c26-19-3-1-4-22(17-19)36(32,33)30-20-10-13-31(14-11-20)15-12-23(24-5-2-16-35-24)34-21-8-6-18(7-9-21)25(27,28)29/h1-9,16-17,20,23,30H,10-15H2. The van der Waals surface area contributed by atoms with Gasteiger partial charge in [-0.1, -0.05) is 23.7 Å². The van der Waals surface area contributed by atoms with Crippen molar-refractivity contribution in [3.05, 3.63) is 81.5 Å². The number of sulfonamides is 1. The predicted molar refractivity (Wildman–Crippen MR) is 135 cm³/mol. The van der Waals surface area contributed by atoms with E-state index in [1.807, 2.05) is 17.5 Å². The lowest BCUT2D eigenvalue weighted by molar-refractivity contribution is -0.137. The number of halogens is 4. The van der Waals surface area contributed by atoms with E-state index in [4.69, 9.17) is 16.3 Å². The number of piperidine rings is 1. The van der Waals surface area contributed by atoms with Gasteiger partial charge < -0.3 is 9.64 Å². The Morgan fingerprint density at radius 2 is 1.81 bits per heavy atom. The van der Waals surface area contributed by atoms with Crippen molar-refractivity contribution in [2.45, 2.75) is 42.5 Å². The summed E-state index contributed by atoms with van der Waals surface area (Å²) in [7, 11) is -3.64. The first-order valence-electron chi connectivity index (χ1n) is 11.5. The molecule has 0 saturated carbocycles. The molecule has 194 valence electrons. The number of benzene rings is 2. The van der Waals surface area contributed by atoms with Crippen molar-refractivity contribution in [2.24, 2.45) is 0 Å². The molecule has 1 fully saturated rings. The molecule has 0 bridgehead atoms. The van der Waals surface area contributed by atoms with E-state index in [-0.39, 0.29) is 17.0 Å². The third kappa shape index (κ3) is 7.23. The molecule has 1 aromatic heterocycles. The van der Waals surface area contributed by atoms with Gasteiger partial charge in [0.15, 0.2) is 0 Å². The Balaban J connectivity index is 1.31. The van der Waals surface area contributed by atoms with Crippen LogP contribution in [0.15, 0.2) is 70.9 Å². The summed E-state index contributed by atoms with van der Waals surface area (Å²) in [5.41, 5.74) is -0.712. The normalized spacial score (nSPS) is 16.7. The first-order chi connectivity index (χ1) is 17.1. The van der Waals surface area contributed by atoms with Gasteiger partial charge in [-0.25, -0.2) is 13.1 Å². The summed E-state index contributed by atoms with van der Waals surface area (Å²) in [5, 5.41) is 2.31. The molecule has 1 unspecified atom stereocenters. The molecule has 3 aromatic rings. The van der Waals surface area contributed by atoms with E-state index >= 15 is 0 Å². The second-order valence-electron chi connectivity index (χ2n) is 8.63. The van der Waals surface area contributed by atoms with Crippen molar-refractivity contribution >= 4 is 33.0 Å². The van der Waals surface area contributed by atoms with Gasteiger partial charge >= 0.3 is 6.18 Å². The molecule has 2 aromatic carbocycles. The predicted octanol–water partition coefficient (Wildman–Crippen LogP) is 6.37. The van der Waals surface area contributed by atoms with Crippen LogP contribution in [0.5, 0.6) is 5.75 Å². The van der Waals surface area contributed by atoms with Gasteiger partial charge in [-0.15, -0.1) is 11.3 Å². The lowest BCUT2D eigenvalue weighted by atomic mass is 10.1. The molecular weight excluding hydrogens is 533 g/mol. The molecule has 1 aliphatic heterocycles. The van der Waals surface area contributed by atoms with Crippen molar-refractivity contribution in [3.8, 4) is 5.75 Å². The van der Waals surface area contributed by atoms with Gasteiger partial charge in [0.05, 0.1) is 10.5 Å². The molecule has 0 amide bonds. The van der Waals surface area contributed by atoms with E-state index in [9.17, 15) is 21.6 Å². The Labute approximate surface area is 217 Å². The Morgan fingerprint density at radius 1 is 1.08 bits per heavy atom. The molecule has 0 radical (unpaired) electrons. The number of nitrogens with zero attached hydrogens (tertiary/aromatic N) is 1. The third-order valence-corrected chi connectivity index (χ3v) is 8.76. The highest BCUT2D eigenvalue weighted by molar-refractivity contribution is 7.89. The smallest absolute Gasteiger partial charge is 0.416 e. The molecule has 1 saturated heterocycles. The van der Waals surface area contributed by atoms with E-state index in [0.717, 1.165) is 36.6 Å². The van der Waals surface area contributed by atoms with Crippen molar-refractivity contribution in [1.82, 2.24) is 9.62 Å². The van der Waals surface area contributed by atoms with Crippen LogP contribution in [0.4, 0.5) is 13.2 Å². The maximum absolute atomic E-state index is 12.9. The van der Waals surface area contributed by atoms with Crippen LogP contribution in [0.25, 0.3) is 0 Å². The molecule has 5 nitrogen and oxygen atoms in total. The van der Waals surface area contributed by atoms with E-state index in [0.29, 0.717) is 30.0 Å². The molecule has 36 heavy (non-hydrogen) atoms. The zero-order valence-electron chi connectivity index (χ0n) is 19.2. The van der Waals surface area contributed by atoms with Crippen LogP contribution in [0.2, 0.25) is 5.02 Å². The molecule has 1 N–H and O–H groups in total. The number of rotatable bonds is 9. The summed E-state index contributed by atoms with van der Waals surface area (Å²) in [4.78, 5) is 3.40. The third-order valence-electron chi connectivity index (χ3n) is 6.04. The largest absolute Gasteiger partial charge is 0.485 e. The lowest BCUT2D eigenvalue weighted by Gasteiger charge is -2.33. The van der Waals surface area contributed by atoms with Gasteiger partial charge in [0.1, 0.15) is 11.9 Å². The Bertz CT molecular complexity index is 1230. The number of ether oxygens (including phenoxy) is 1. The van der Waals surface area contributed by atoms with Gasteiger partial charge in [-0.2, -0.15) is 13.2 Å². The fourth-order valence-corrected chi connectivity index (χ4v) is 6.51. The van der Waals surface area contributed by atoms with Crippen LogP contribution in [-0.2, 0) is 16.2 Å². The zero-order valence-corrected chi connectivity index (χ0v) is 21.6. The van der Waals surface area contributed by atoms with Crippen molar-refractivity contribution in [1.29, 1.82) is 0 Å². The minimum Gasteiger partial charge on any atom is -0.485 e. The molecular formula is C25H26ClF3N2O3S2. The zero-order chi connectivity index (χ0) is 25.8. The summed E-state index contributed by atoms with van der Waals surface area (Å²) >= 11 is 7.47. The minimum atomic E-state index is -4.39. The SMILES string of the molecule is O=S(=O)(NC1CCN(CCC(Oc2ccc(C(F)(F)F)cc2)c2cccs2)CC1)c1cccc(Cl)c1. The van der Waals surface area contributed by atoms with Crippen LogP contribution in [0.1, 0.15) is 35.8 Å². The fourth-order valence-electron chi connectivity index (χ4n) is 4.12. The summed E-state index contributed by atoms with van der Waals surface area (Å²) in [5.74, 6) is 0.385. The highest BCUT2D eigenvalue weighted by Crippen LogP contribution is 2.33. The molecule has 1 aliphatic rings.